The van der Waals surface area contributed by atoms with Crippen LogP contribution in [0.1, 0.15) is 11.1 Å². The maximum atomic E-state index is 14.8. The zero-order chi connectivity index (χ0) is 40.8. The summed E-state index contributed by atoms with van der Waals surface area (Å²) in [6, 6.07) is 52.5. The summed E-state index contributed by atoms with van der Waals surface area (Å²) in [6.45, 7) is 0. The lowest BCUT2D eigenvalue weighted by atomic mass is 9.85. The van der Waals surface area contributed by atoms with Crippen molar-refractivity contribution in [1.29, 1.82) is 10.5 Å². The maximum absolute atomic E-state index is 14.8. The predicted octanol–water partition coefficient (Wildman–Crippen LogP) is 14.3. The third-order valence-corrected chi connectivity index (χ3v) is 12.3. The van der Waals surface area contributed by atoms with Gasteiger partial charge in [0.25, 0.3) is 0 Å². The highest BCUT2D eigenvalue weighted by molar-refractivity contribution is 14.1. The normalized spacial score (nSPS) is 11.6. The number of rotatable bonds is 4. The van der Waals surface area contributed by atoms with Crippen LogP contribution < -0.4 is 0 Å². The number of hydrogen-bond donors (Lipinski definition) is 0. The molecular formula is C52H26F3IN4. The number of fused-ring (bicyclic) bond motifs is 8. The van der Waals surface area contributed by atoms with Crippen molar-refractivity contribution in [3.8, 4) is 45.8 Å². The van der Waals surface area contributed by atoms with E-state index in [4.69, 9.17) is 0 Å². The third kappa shape index (κ3) is 5.49. The van der Waals surface area contributed by atoms with E-state index in [9.17, 15) is 23.7 Å². The second kappa shape index (κ2) is 13.6. The van der Waals surface area contributed by atoms with E-state index >= 15 is 0 Å². The average Bonchev–Trinajstić information content (AvgIpc) is 3.76. The summed E-state index contributed by atoms with van der Waals surface area (Å²) < 4.78 is 49.5. The fourth-order valence-electron chi connectivity index (χ4n) is 9.02. The van der Waals surface area contributed by atoms with Gasteiger partial charge in [-0.05, 0) is 188 Å². The van der Waals surface area contributed by atoms with E-state index in [1.807, 2.05) is 65.2 Å². The molecule has 282 valence electrons. The molecule has 0 amide bonds. The zero-order valence-electron chi connectivity index (χ0n) is 31.3. The van der Waals surface area contributed by atoms with Gasteiger partial charge in [-0.15, -0.1) is 0 Å². The second-order valence-electron chi connectivity index (χ2n) is 14.9. The summed E-state index contributed by atoms with van der Waals surface area (Å²) in [5, 5.41) is 26.2. The van der Waals surface area contributed by atoms with E-state index in [0.717, 1.165) is 91.6 Å². The number of nitriles is 2. The van der Waals surface area contributed by atoms with E-state index in [1.54, 1.807) is 18.2 Å². The number of hydrogen-bond acceptors (Lipinski definition) is 2. The first-order valence-corrected chi connectivity index (χ1v) is 20.2. The standard InChI is InChI=1S/C52H26F3IN4/c53-33-9-17-47-41(21-33)42-22-34(54)10-18-48(42)59(47)37-13-15-39-45(25-37)51(31-5-1-29(27-57)2-6-31)40-16-14-38(26-46(40)52(39)32-7-3-30(28-58)4-8-32)60-49-19-11-35(55)23-43(49)44-24-36(56)12-20-50(44)60/h1-26H. The zero-order valence-corrected chi connectivity index (χ0v) is 33.5. The number of halogens is 4. The highest BCUT2D eigenvalue weighted by Crippen LogP contribution is 2.46. The summed E-state index contributed by atoms with van der Waals surface area (Å²) in [7, 11) is 0. The Balaban J connectivity index is 1.28. The van der Waals surface area contributed by atoms with Crippen LogP contribution in [0, 0.1) is 43.7 Å². The minimum Gasteiger partial charge on any atom is -0.309 e. The molecule has 8 heteroatoms. The molecule has 0 unspecified atom stereocenters. The van der Waals surface area contributed by atoms with Gasteiger partial charge in [0.05, 0.1) is 45.3 Å². The van der Waals surface area contributed by atoms with Crippen LogP contribution in [-0.2, 0) is 0 Å². The highest BCUT2D eigenvalue weighted by Gasteiger charge is 2.22. The fraction of sp³-hybridized carbons (Fsp3) is 0. The first kappa shape index (κ1) is 35.7. The Labute approximate surface area is 354 Å². The fourth-order valence-corrected chi connectivity index (χ4v) is 9.51. The second-order valence-corrected chi connectivity index (χ2v) is 16.2. The molecule has 4 nitrogen and oxygen atoms in total. The van der Waals surface area contributed by atoms with Gasteiger partial charge >= 0.3 is 0 Å². The van der Waals surface area contributed by atoms with Crippen molar-refractivity contribution in [2.75, 3.05) is 0 Å². The summed E-state index contributed by atoms with van der Waals surface area (Å²) in [5.41, 5.74) is 9.72. The van der Waals surface area contributed by atoms with Crippen LogP contribution in [0.3, 0.4) is 0 Å². The molecule has 60 heavy (non-hydrogen) atoms. The molecule has 0 N–H and O–H groups in total. The van der Waals surface area contributed by atoms with Crippen molar-refractivity contribution in [2.24, 2.45) is 0 Å². The summed E-state index contributed by atoms with van der Waals surface area (Å²) in [4.78, 5) is 0. The minimum absolute atomic E-state index is 0.305. The smallest absolute Gasteiger partial charge is 0.123 e. The van der Waals surface area contributed by atoms with E-state index < -0.39 is 11.6 Å². The van der Waals surface area contributed by atoms with Crippen molar-refractivity contribution in [3.05, 3.63) is 190 Å². The lowest BCUT2D eigenvalue weighted by Gasteiger charge is -2.20. The molecule has 0 aliphatic carbocycles. The molecule has 0 fully saturated rings. The third-order valence-electron chi connectivity index (χ3n) is 11.6. The van der Waals surface area contributed by atoms with E-state index in [-0.39, 0.29) is 5.82 Å². The molecule has 0 aliphatic rings. The van der Waals surface area contributed by atoms with Gasteiger partial charge in [0, 0.05) is 36.5 Å². The Morgan fingerprint density at radius 3 is 1.12 bits per heavy atom. The molecular weight excluding hydrogens is 864 g/mol. The van der Waals surface area contributed by atoms with Crippen molar-refractivity contribution < 1.29 is 13.2 Å². The Bertz CT molecular complexity index is 3350. The molecule has 11 aromatic rings. The molecule has 0 saturated heterocycles. The van der Waals surface area contributed by atoms with Crippen LogP contribution in [0.15, 0.2) is 158 Å². The lowest BCUT2D eigenvalue weighted by molar-refractivity contribution is 0.628. The molecule has 0 radical (unpaired) electrons. The molecule has 9 aromatic carbocycles. The quantitative estimate of drug-likeness (QED) is 0.131. The molecule has 0 aliphatic heterocycles. The Morgan fingerprint density at radius 2 is 0.733 bits per heavy atom. The number of nitrogens with zero attached hydrogens (tertiary/aromatic N) is 4. The van der Waals surface area contributed by atoms with Crippen LogP contribution in [0.25, 0.3) is 98.8 Å². The summed E-state index contributed by atoms with van der Waals surface area (Å²) in [6.07, 6.45) is 0. The van der Waals surface area contributed by atoms with Crippen molar-refractivity contribution in [1.82, 2.24) is 9.13 Å². The van der Waals surface area contributed by atoms with Crippen LogP contribution in [-0.4, -0.2) is 9.13 Å². The van der Waals surface area contributed by atoms with Gasteiger partial charge < -0.3 is 9.13 Å². The lowest BCUT2D eigenvalue weighted by Crippen LogP contribution is -1.98. The first-order chi connectivity index (χ1) is 29.3. The van der Waals surface area contributed by atoms with Gasteiger partial charge in [-0.2, -0.15) is 10.5 Å². The van der Waals surface area contributed by atoms with Crippen LogP contribution >= 0.6 is 22.6 Å². The van der Waals surface area contributed by atoms with Gasteiger partial charge in [-0.1, -0.05) is 36.4 Å². The molecule has 11 rings (SSSR count). The maximum Gasteiger partial charge on any atom is 0.123 e. The first-order valence-electron chi connectivity index (χ1n) is 19.1. The van der Waals surface area contributed by atoms with Crippen LogP contribution in [0.5, 0.6) is 0 Å². The van der Waals surface area contributed by atoms with Crippen LogP contribution in [0.4, 0.5) is 13.2 Å². The topological polar surface area (TPSA) is 57.4 Å². The van der Waals surface area contributed by atoms with Gasteiger partial charge in [-0.25, -0.2) is 13.2 Å². The Kier molecular flexibility index (Phi) is 8.09. The van der Waals surface area contributed by atoms with Crippen LogP contribution in [0.2, 0.25) is 0 Å². The van der Waals surface area contributed by atoms with Crippen molar-refractivity contribution >= 4 is 87.7 Å². The van der Waals surface area contributed by atoms with Gasteiger partial charge in [0.1, 0.15) is 17.5 Å². The van der Waals surface area contributed by atoms with E-state index in [1.165, 1.54) is 30.3 Å². The molecule has 0 atom stereocenters. The van der Waals surface area contributed by atoms with Crippen molar-refractivity contribution in [3.63, 3.8) is 0 Å². The number of benzene rings is 9. The van der Waals surface area contributed by atoms with E-state index in [2.05, 4.69) is 87.8 Å². The Hall–Kier alpha value is -7.40. The minimum atomic E-state index is -0.409. The predicted molar refractivity (Wildman–Crippen MR) is 243 cm³/mol. The molecule has 0 saturated carbocycles. The highest BCUT2D eigenvalue weighted by atomic mass is 127. The SMILES string of the molecule is N#Cc1ccc(-c2c3ccc(-n4c5ccc(F)cc5c5cc(I)ccc54)cc3c(-c3ccc(C#N)cc3)c3ccc(-n4c5ccc(F)cc5c5cc(F)ccc54)cc23)cc1. The van der Waals surface area contributed by atoms with Crippen molar-refractivity contribution in [2.45, 2.75) is 0 Å². The summed E-state index contributed by atoms with van der Waals surface area (Å²) in [5.74, 6) is -1.12. The molecule has 0 spiro atoms. The van der Waals surface area contributed by atoms with E-state index in [0.29, 0.717) is 21.9 Å². The summed E-state index contributed by atoms with van der Waals surface area (Å²) >= 11 is 2.29. The molecule has 2 aromatic heterocycles. The Morgan fingerprint density at radius 1 is 0.367 bits per heavy atom. The van der Waals surface area contributed by atoms with Gasteiger partial charge in [-0.3, -0.25) is 0 Å². The van der Waals surface area contributed by atoms with Gasteiger partial charge in [0.15, 0.2) is 0 Å². The average molecular weight is 891 g/mol. The van der Waals surface area contributed by atoms with Gasteiger partial charge in [0.2, 0.25) is 0 Å². The largest absolute Gasteiger partial charge is 0.309 e. The monoisotopic (exact) mass is 890 g/mol. The number of aromatic nitrogens is 2. The molecule has 0 bridgehead atoms. The molecule has 2 heterocycles.